The Morgan fingerprint density at radius 1 is 1.20 bits per heavy atom. The lowest BCUT2D eigenvalue weighted by atomic mass is 9.83. The lowest BCUT2D eigenvalue weighted by molar-refractivity contribution is -0.143. The van der Waals surface area contributed by atoms with Gasteiger partial charge in [0.25, 0.3) is 0 Å². The average Bonchev–Trinajstić information content (AvgIpc) is 2.80. The molecule has 9 heteroatoms. The van der Waals surface area contributed by atoms with Crippen LogP contribution in [0.4, 0.5) is 0 Å². The maximum atomic E-state index is 13.3. The van der Waals surface area contributed by atoms with E-state index in [-0.39, 0.29) is 28.5 Å². The van der Waals surface area contributed by atoms with Crippen molar-refractivity contribution in [3.8, 4) is 12.1 Å². The summed E-state index contributed by atoms with van der Waals surface area (Å²) in [5.41, 5.74) is 10.2. The second-order valence-electron chi connectivity index (χ2n) is 8.30. The van der Waals surface area contributed by atoms with Crippen LogP contribution < -0.4 is 5.73 Å². The summed E-state index contributed by atoms with van der Waals surface area (Å²) in [5.74, 6) is -1.10. The molecule has 0 amide bonds. The molecule has 0 fully saturated rings. The molecule has 0 unspecified atom stereocenters. The van der Waals surface area contributed by atoms with Crippen LogP contribution in [0.15, 0.2) is 52.1 Å². The van der Waals surface area contributed by atoms with Gasteiger partial charge in [0.1, 0.15) is 28.5 Å². The number of allylic oxidation sites excluding steroid dienone is 1. The quantitative estimate of drug-likeness (QED) is 0.410. The molecule has 0 bridgehead atoms. The van der Waals surface area contributed by atoms with Gasteiger partial charge in [0, 0.05) is 10.7 Å². The zero-order chi connectivity index (χ0) is 25.9. The number of ether oxygens (including phenoxy) is 2. The first-order valence-corrected chi connectivity index (χ1v) is 12.2. The van der Waals surface area contributed by atoms with Gasteiger partial charge in [-0.25, -0.2) is 9.78 Å². The Morgan fingerprint density at radius 2 is 1.86 bits per heavy atom. The molecule has 3 rings (SSSR count). The fraction of sp³-hybridized carbons (Fsp3) is 0.308. The molecule has 2 N–H and O–H groups in total. The van der Waals surface area contributed by atoms with Crippen molar-refractivity contribution >= 4 is 29.3 Å². The number of thioether (sulfide) groups is 1. The van der Waals surface area contributed by atoms with E-state index in [0.29, 0.717) is 21.2 Å². The molecule has 0 saturated carbocycles. The molecule has 0 spiro atoms. The van der Waals surface area contributed by atoms with Crippen molar-refractivity contribution in [1.29, 1.82) is 10.5 Å². The fourth-order valence-corrected chi connectivity index (χ4v) is 4.85. The number of hydrogen-bond donors (Lipinski definition) is 1. The minimum atomic E-state index is -0.794. The third-order valence-electron chi connectivity index (χ3n) is 5.68. The van der Waals surface area contributed by atoms with E-state index in [1.165, 1.54) is 11.8 Å². The van der Waals surface area contributed by atoms with Gasteiger partial charge in [0.15, 0.2) is 0 Å². The highest BCUT2D eigenvalue weighted by Gasteiger charge is 2.38. The van der Waals surface area contributed by atoms with Crippen LogP contribution in [-0.4, -0.2) is 22.8 Å². The lowest BCUT2D eigenvalue weighted by Crippen LogP contribution is -2.28. The Kier molecular flexibility index (Phi) is 8.11. The first-order chi connectivity index (χ1) is 16.6. The Morgan fingerprint density at radius 3 is 2.43 bits per heavy atom. The van der Waals surface area contributed by atoms with Crippen molar-refractivity contribution in [2.75, 3.05) is 5.75 Å². The molecule has 180 valence electrons. The molecule has 2 aromatic rings. The molecule has 7 nitrogen and oxygen atoms in total. The Labute approximate surface area is 214 Å². The van der Waals surface area contributed by atoms with Crippen molar-refractivity contribution in [2.24, 2.45) is 5.73 Å². The Bertz CT molecular complexity index is 1320. The largest absolute Gasteiger partial charge is 0.459 e. The van der Waals surface area contributed by atoms with Gasteiger partial charge < -0.3 is 15.2 Å². The number of nitrogens with zero attached hydrogens (tertiary/aromatic N) is 3. The van der Waals surface area contributed by atoms with Crippen molar-refractivity contribution in [1.82, 2.24) is 4.98 Å². The number of benzene rings is 1. The van der Waals surface area contributed by atoms with Crippen LogP contribution in [0.5, 0.6) is 0 Å². The number of carbonyl (C=O) groups excluding carboxylic acids is 1. The van der Waals surface area contributed by atoms with Crippen LogP contribution >= 0.6 is 23.4 Å². The summed E-state index contributed by atoms with van der Waals surface area (Å²) >= 11 is 7.32. The maximum Gasteiger partial charge on any atom is 0.338 e. The number of esters is 1. The number of aromatic nitrogens is 1. The predicted octanol–water partition coefficient (Wildman–Crippen LogP) is 5.34. The summed E-state index contributed by atoms with van der Waals surface area (Å²) in [6.07, 6.45) is -0.391. The molecule has 1 aliphatic rings. The minimum absolute atomic E-state index is 0.0890. The van der Waals surface area contributed by atoms with Crippen LogP contribution in [0.2, 0.25) is 5.02 Å². The van der Waals surface area contributed by atoms with Gasteiger partial charge in [0.05, 0.1) is 28.9 Å². The second-order valence-corrected chi connectivity index (χ2v) is 9.70. The number of pyridine rings is 1. The third kappa shape index (κ3) is 5.45. The monoisotopic (exact) mass is 508 g/mol. The topological polar surface area (TPSA) is 122 Å². The molecule has 0 aliphatic carbocycles. The van der Waals surface area contributed by atoms with E-state index < -0.39 is 18.0 Å². The highest BCUT2D eigenvalue weighted by Crippen LogP contribution is 2.41. The molecule has 1 aromatic carbocycles. The van der Waals surface area contributed by atoms with E-state index in [4.69, 9.17) is 26.8 Å². The van der Waals surface area contributed by atoms with Crippen molar-refractivity contribution in [3.05, 3.63) is 80.0 Å². The summed E-state index contributed by atoms with van der Waals surface area (Å²) in [7, 11) is 0. The van der Waals surface area contributed by atoms with Gasteiger partial charge in [-0.1, -0.05) is 35.5 Å². The number of nitrogens with two attached hydrogens (primary N) is 1. The maximum absolute atomic E-state index is 13.3. The van der Waals surface area contributed by atoms with Crippen molar-refractivity contribution in [3.63, 3.8) is 0 Å². The summed E-state index contributed by atoms with van der Waals surface area (Å²) in [6, 6.07) is 11.1. The summed E-state index contributed by atoms with van der Waals surface area (Å²) in [6.45, 7) is 9.16. The van der Waals surface area contributed by atoms with Crippen molar-refractivity contribution < 1.29 is 14.3 Å². The van der Waals surface area contributed by atoms with Crippen molar-refractivity contribution in [2.45, 2.75) is 51.7 Å². The Balaban J connectivity index is 2.13. The molecule has 0 saturated heterocycles. The zero-order valence-electron chi connectivity index (χ0n) is 20.1. The minimum Gasteiger partial charge on any atom is -0.459 e. The number of hydrogen-bond acceptors (Lipinski definition) is 8. The van der Waals surface area contributed by atoms with Crippen LogP contribution in [0.1, 0.15) is 47.7 Å². The van der Waals surface area contributed by atoms with Crippen LogP contribution in [0.3, 0.4) is 0 Å². The number of nitriles is 2. The summed E-state index contributed by atoms with van der Waals surface area (Å²) < 4.78 is 11.3. The Hall–Kier alpha value is -3.46. The first kappa shape index (κ1) is 26.2. The fourth-order valence-electron chi connectivity index (χ4n) is 3.70. The van der Waals surface area contributed by atoms with Gasteiger partial charge in [-0.2, -0.15) is 10.5 Å². The number of aryl methyl sites for hydroxylation is 1. The molecule has 1 aliphatic heterocycles. The molecule has 2 heterocycles. The average molecular weight is 509 g/mol. The molecular weight excluding hydrogens is 484 g/mol. The van der Waals surface area contributed by atoms with E-state index in [0.717, 1.165) is 16.8 Å². The van der Waals surface area contributed by atoms with E-state index in [9.17, 15) is 15.3 Å². The lowest BCUT2D eigenvalue weighted by Gasteiger charge is -2.28. The van der Waals surface area contributed by atoms with Gasteiger partial charge in [-0.05, 0) is 63.4 Å². The normalized spacial score (nSPS) is 15.5. The van der Waals surface area contributed by atoms with E-state index in [2.05, 4.69) is 17.1 Å². The second kappa shape index (κ2) is 10.9. The predicted molar refractivity (Wildman–Crippen MR) is 134 cm³/mol. The van der Waals surface area contributed by atoms with Gasteiger partial charge in [-0.15, -0.1) is 0 Å². The summed E-state index contributed by atoms with van der Waals surface area (Å²) in [4.78, 5) is 17.9. The van der Waals surface area contributed by atoms with Gasteiger partial charge in [0.2, 0.25) is 5.88 Å². The molecule has 0 radical (unpaired) electrons. The molecule has 35 heavy (non-hydrogen) atoms. The van der Waals surface area contributed by atoms with Gasteiger partial charge >= 0.3 is 5.97 Å². The highest BCUT2D eigenvalue weighted by atomic mass is 35.5. The highest BCUT2D eigenvalue weighted by molar-refractivity contribution is 7.99. The first-order valence-electron chi connectivity index (χ1n) is 10.9. The van der Waals surface area contributed by atoms with Gasteiger partial charge in [-0.3, -0.25) is 0 Å². The van der Waals surface area contributed by atoms with Crippen LogP contribution in [0.25, 0.3) is 0 Å². The standard InChI is InChI=1S/C26H25ClN4O3S/c1-13(2)33-26(32)23-21(12-35-25-19(10-28)15(4)14(3)16(5)31-25)34-24(30)20(11-29)22(23)17-6-8-18(27)9-7-17/h6-9,13,22H,12,30H2,1-5H3/t22-/m0/s1. The molecule has 1 atom stereocenters. The third-order valence-corrected chi connectivity index (χ3v) is 6.91. The van der Waals surface area contributed by atoms with Crippen LogP contribution in [-0.2, 0) is 14.3 Å². The van der Waals surface area contributed by atoms with E-state index >= 15 is 0 Å². The number of carbonyl (C=O) groups is 1. The molecule has 1 aromatic heterocycles. The number of halogens is 1. The van der Waals surface area contributed by atoms with E-state index in [1.807, 2.05) is 20.8 Å². The molecular formula is C26H25ClN4O3S. The number of rotatable bonds is 6. The summed E-state index contributed by atoms with van der Waals surface area (Å²) in [5, 5.41) is 20.6. The van der Waals surface area contributed by atoms with E-state index in [1.54, 1.807) is 38.1 Å². The zero-order valence-corrected chi connectivity index (χ0v) is 21.7. The smallest absolute Gasteiger partial charge is 0.338 e. The SMILES string of the molecule is Cc1nc(SCC2=C(C(=O)OC(C)C)[C@@H](c3ccc(Cl)cc3)C(C#N)=C(N)O2)c(C#N)c(C)c1C. The van der Waals surface area contributed by atoms with Crippen LogP contribution in [0, 0.1) is 43.4 Å².